The fraction of sp³-hybridized carbons (Fsp3) is 0.364. The first kappa shape index (κ1) is 23.0. The summed E-state index contributed by atoms with van der Waals surface area (Å²) in [4.78, 5) is 26.9. The van der Waals surface area contributed by atoms with Crippen LogP contribution in [0.4, 0.5) is 0 Å². The molecule has 1 N–H and O–H groups in total. The van der Waals surface area contributed by atoms with E-state index in [1.165, 1.54) is 4.90 Å². The zero-order chi connectivity index (χ0) is 21.6. The lowest BCUT2D eigenvalue weighted by Crippen LogP contribution is -2.49. The lowest BCUT2D eigenvalue weighted by molar-refractivity contribution is -0.142. The van der Waals surface area contributed by atoms with Crippen LogP contribution in [0.2, 0.25) is 10.0 Å². The number of benzene rings is 2. The van der Waals surface area contributed by atoms with Gasteiger partial charge in [-0.3, -0.25) is 9.59 Å². The number of rotatable bonds is 8. The third kappa shape index (κ3) is 6.12. The first-order valence-electron chi connectivity index (χ1n) is 9.41. The van der Waals surface area contributed by atoms with E-state index in [4.69, 9.17) is 27.9 Å². The number of halogens is 2. The van der Waals surface area contributed by atoms with Crippen molar-refractivity contribution in [1.29, 1.82) is 0 Å². The Morgan fingerprint density at radius 3 is 2.21 bits per heavy atom. The molecule has 0 aliphatic heterocycles. The standard InChI is InChI=1S/C22H26Cl2N2O3/c1-5-19(22(28)25-4)26(12-16-6-8-17(23)9-7-16)20(27)13-29-18-10-14(2)21(24)15(3)11-18/h6-11,19H,5,12-13H2,1-4H3,(H,25,28). The summed E-state index contributed by atoms with van der Waals surface area (Å²) in [5.41, 5.74) is 2.64. The van der Waals surface area contributed by atoms with E-state index < -0.39 is 6.04 Å². The second-order valence-electron chi connectivity index (χ2n) is 6.85. The minimum absolute atomic E-state index is 0.179. The van der Waals surface area contributed by atoms with Crippen molar-refractivity contribution >= 4 is 35.0 Å². The lowest BCUT2D eigenvalue weighted by Gasteiger charge is -2.30. The molecule has 5 nitrogen and oxygen atoms in total. The second kappa shape index (κ2) is 10.5. The molecule has 0 radical (unpaired) electrons. The minimum atomic E-state index is -0.597. The molecule has 2 amide bonds. The summed E-state index contributed by atoms with van der Waals surface area (Å²) in [6.45, 7) is 5.74. The Bertz CT molecular complexity index is 846. The number of hydrogen-bond donors (Lipinski definition) is 1. The predicted molar refractivity (Wildman–Crippen MR) is 117 cm³/mol. The van der Waals surface area contributed by atoms with E-state index in [2.05, 4.69) is 5.32 Å². The number of nitrogens with zero attached hydrogens (tertiary/aromatic N) is 1. The molecule has 0 saturated heterocycles. The summed E-state index contributed by atoms with van der Waals surface area (Å²) in [5.74, 6) is 0.0748. The van der Waals surface area contributed by atoms with Crippen LogP contribution >= 0.6 is 23.2 Å². The highest BCUT2D eigenvalue weighted by molar-refractivity contribution is 6.32. The van der Waals surface area contributed by atoms with E-state index in [-0.39, 0.29) is 25.0 Å². The summed E-state index contributed by atoms with van der Waals surface area (Å²) < 4.78 is 5.73. The maximum absolute atomic E-state index is 13.0. The van der Waals surface area contributed by atoms with Gasteiger partial charge in [-0.25, -0.2) is 0 Å². The minimum Gasteiger partial charge on any atom is -0.484 e. The van der Waals surface area contributed by atoms with Crippen molar-refractivity contribution in [2.75, 3.05) is 13.7 Å². The van der Waals surface area contributed by atoms with Crippen molar-refractivity contribution in [2.24, 2.45) is 0 Å². The van der Waals surface area contributed by atoms with E-state index in [1.54, 1.807) is 31.3 Å². The fourth-order valence-electron chi connectivity index (χ4n) is 3.09. The molecule has 2 rings (SSSR count). The van der Waals surface area contributed by atoms with Crippen LogP contribution in [-0.2, 0) is 16.1 Å². The van der Waals surface area contributed by atoms with Crippen LogP contribution in [0.5, 0.6) is 5.75 Å². The van der Waals surface area contributed by atoms with Crippen LogP contribution < -0.4 is 10.1 Å². The molecule has 0 bridgehead atoms. The Hall–Kier alpha value is -2.24. The third-order valence-electron chi connectivity index (χ3n) is 4.67. The molecule has 29 heavy (non-hydrogen) atoms. The first-order valence-corrected chi connectivity index (χ1v) is 10.2. The van der Waals surface area contributed by atoms with E-state index >= 15 is 0 Å². The molecule has 0 fully saturated rings. The monoisotopic (exact) mass is 436 g/mol. The second-order valence-corrected chi connectivity index (χ2v) is 7.66. The molecule has 1 unspecified atom stereocenters. The third-order valence-corrected chi connectivity index (χ3v) is 5.52. The number of ether oxygens (including phenoxy) is 1. The van der Waals surface area contributed by atoms with E-state index in [0.29, 0.717) is 22.2 Å². The van der Waals surface area contributed by atoms with Crippen LogP contribution in [0.25, 0.3) is 0 Å². The molecule has 7 heteroatoms. The topological polar surface area (TPSA) is 58.6 Å². The normalized spacial score (nSPS) is 11.7. The molecule has 2 aromatic carbocycles. The molecule has 156 valence electrons. The van der Waals surface area contributed by atoms with Gasteiger partial charge in [0.25, 0.3) is 5.91 Å². The molecule has 1 atom stereocenters. The van der Waals surface area contributed by atoms with Crippen LogP contribution in [0.1, 0.15) is 30.0 Å². The van der Waals surface area contributed by atoms with Crippen LogP contribution in [0.3, 0.4) is 0 Å². The number of carbonyl (C=O) groups is 2. The van der Waals surface area contributed by atoms with E-state index in [9.17, 15) is 9.59 Å². The number of carbonyl (C=O) groups excluding carboxylic acids is 2. The quantitative estimate of drug-likeness (QED) is 0.660. The van der Waals surface area contributed by atoms with Crippen molar-refractivity contribution in [3.63, 3.8) is 0 Å². The average Bonchev–Trinajstić information content (AvgIpc) is 2.71. The Morgan fingerprint density at radius 1 is 1.10 bits per heavy atom. The molecular weight excluding hydrogens is 411 g/mol. The van der Waals surface area contributed by atoms with Crippen LogP contribution in [0, 0.1) is 13.8 Å². The molecule has 0 aliphatic carbocycles. The summed E-state index contributed by atoms with van der Waals surface area (Å²) in [6, 6.07) is 10.2. The zero-order valence-electron chi connectivity index (χ0n) is 17.1. The van der Waals surface area contributed by atoms with Gasteiger partial charge in [0.05, 0.1) is 0 Å². The Balaban J connectivity index is 2.21. The van der Waals surface area contributed by atoms with Crippen molar-refractivity contribution in [3.8, 4) is 5.75 Å². The Kier molecular flexibility index (Phi) is 8.35. The maximum Gasteiger partial charge on any atom is 0.261 e. The fourth-order valence-corrected chi connectivity index (χ4v) is 3.33. The summed E-state index contributed by atoms with van der Waals surface area (Å²) in [7, 11) is 1.56. The average molecular weight is 437 g/mol. The zero-order valence-corrected chi connectivity index (χ0v) is 18.6. The van der Waals surface area contributed by atoms with E-state index in [0.717, 1.165) is 16.7 Å². The predicted octanol–water partition coefficient (Wildman–Crippen LogP) is 4.54. The number of nitrogens with one attached hydrogen (secondary N) is 1. The van der Waals surface area contributed by atoms with Gasteiger partial charge in [0, 0.05) is 23.6 Å². The Morgan fingerprint density at radius 2 is 1.69 bits per heavy atom. The highest BCUT2D eigenvalue weighted by Gasteiger charge is 2.28. The largest absolute Gasteiger partial charge is 0.484 e. The number of aryl methyl sites for hydroxylation is 2. The van der Waals surface area contributed by atoms with Crippen molar-refractivity contribution < 1.29 is 14.3 Å². The van der Waals surface area contributed by atoms with Gasteiger partial charge in [0.15, 0.2) is 6.61 Å². The SMILES string of the molecule is CCC(C(=O)NC)N(Cc1ccc(Cl)cc1)C(=O)COc1cc(C)c(Cl)c(C)c1. The highest BCUT2D eigenvalue weighted by Crippen LogP contribution is 2.26. The van der Waals surface area contributed by atoms with Gasteiger partial charge in [-0.15, -0.1) is 0 Å². The number of amides is 2. The van der Waals surface area contributed by atoms with Crippen molar-refractivity contribution in [1.82, 2.24) is 10.2 Å². The van der Waals surface area contributed by atoms with Gasteiger partial charge in [0.1, 0.15) is 11.8 Å². The van der Waals surface area contributed by atoms with Gasteiger partial charge >= 0.3 is 0 Å². The number of likely N-dealkylation sites (N-methyl/N-ethyl adjacent to an activating group) is 1. The molecule has 0 aromatic heterocycles. The number of hydrogen-bond acceptors (Lipinski definition) is 3. The summed E-state index contributed by atoms with van der Waals surface area (Å²) in [6.07, 6.45) is 0.484. The molecule has 0 aliphatic rings. The molecule has 2 aromatic rings. The van der Waals surface area contributed by atoms with Crippen LogP contribution in [0.15, 0.2) is 36.4 Å². The van der Waals surface area contributed by atoms with Crippen molar-refractivity contribution in [2.45, 2.75) is 39.8 Å². The maximum atomic E-state index is 13.0. The van der Waals surface area contributed by atoms with Crippen molar-refractivity contribution in [3.05, 3.63) is 63.1 Å². The van der Waals surface area contributed by atoms with Gasteiger partial charge in [0.2, 0.25) is 5.91 Å². The molecular formula is C22H26Cl2N2O3. The van der Waals surface area contributed by atoms with Gasteiger partial charge in [-0.1, -0.05) is 42.3 Å². The smallest absolute Gasteiger partial charge is 0.261 e. The van der Waals surface area contributed by atoms with Crippen LogP contribution in [-0.4, -0.2) is 36.4 Å². The Labute approximate surface area is 181 Å². The van der Waals surface area contributed by atoms with Gasteiger partial charge in [-0.2, -0.15) is 0 Å². The molecule has 0 heterocycles. The summed E-state index contributed by atoms with van der Waals surface area (Å²) >= 11 is 12.1. The molecule has 0 saturated carbocycles. The van der Waals surface area contributed by atoms with Gasteiger partial charge < -0.3 is 15.0 Å². The summed E-state index contributed by atoms with van der Waals surface area (Å²) in [5, 5.41) is 3.92. The van der Waals surface area contributed by atoms with Gasteiger partial charge in [-0.05, 0) is 61.2 Å². The lowest BCUT2D eigenvalue weighted by atomic mass is 10.1. The molecule has 0 spiro atoms. The van der Waals surface area contributed by atoms with E-state index in [1.807, 2.05) is 32.9 Å². The first-order chi connectivity index (χ1) is 13.8. The highest BCUT2D eigenvalue weighted by atomic mass is 35.5.